The lowest BCUT2D eigenvalue weighted by Gasteiger charge is -2.15. The molecule has 0 saturated heterocycles. The summed E-state index contributed by atoms with van der Waals surface area (Å²) in [5.74, 6) is 1.18. The summed E-state index contributed by atoms with van der Waals surface area (Å²) in [6, 6.07) is 0.401. The van der Waals surface area contributed by atoms with Crippen molar-refractivity contribution in [2.45, 2.75) is 38.1 Å². The van der Waals surface area contributed by atoms with Gasteiger partial charge in [0.2, 0.25) is 0 Å². The minimum absolute atomic E-state index is 0.401. The van der Waals surface area contributed by atoms with Crippen molar-refractivity contribution in [1.82, 2.24) is 10.3 Å². The van der Waals surface area contributed by atoms with Crippen LogP contribution in [0.5, 0.6) is 0 Å². The van der Waals surface area contributed by atoms with Crippen molar-refractivity contribution in [2.24, 2.45) is 0 Å². The maximum Gasteiger partial charge on any atom is 0.110 e. The standard InChI is InChI=1S/C14H24N2OS2/c1-17-9-8-15-12(7-10-18-2)14-16-11-5-3-4-6-13(11)19-14/h12,15H,3-10H2,1-2H3. The predicted molar refractivity (Wildman–Crippen MR) is 84.4 cm³/mol. The maximum absolute atomic E-state index is 5.13. The number of hydrogen-bond acceptors (Lipinski definition) is 5. The average Bonchev–Trinajstić information content (AvgIpc) is 2.86. The minimum atomic E-state index is 0.401. The van der Waals surface area contributed by atoms with Gasteiger partial charge in [0.1, 0.15) is 5.01 Å². The molecule has 1 N–H and O–H groups in total. The summed E-state index contributed by atoms with van der Waals surface area (Å²) in [6.45, 7) is 1.67. The number of hydrogen-bond donors (Lipinski definition) is 1. The number of ether oxygens (including phenoxy) is 1. The first-order chi connectivity index (χ1) is 9.35. The van der Waals surface area contributed by atoms with E-state index >= 15 is 0 Å². The van der Waals surface area contributed by atoms with E-state index in [1.807, 2.05) is 23.1 Å². The van der Waals surface area contributed by atoms with E-state index < -0.39 is 0 Å². The predicted octanol–water partition coefficient (Wildman–Crippen LogP) is 3.05. The van der Waals surface area contributed by atoms with E-state index in [-0.39, 0.29) is 0 Å². The molecular weight excluding hydrogens is 276 g/mol. The van der Waals surface area contributed by atoms with Crippen LogP contribution in [0.25, 0.3) is 0 Å². The van der Waals surface area contributed by atoms with Crippen molar-refractivity contribution in [3.63, 3.8) is 0 Å². The van der Waals surface area contributed by atoms with Gasteiger partial charge in [0, 0.05) is 18.5 Å². The molecule has 0 amide bonds. The maximum atomic E-state index is 5.13. The molecule has 1 aliphatic carbocycles. The van der Waals surface area contributed by atoms with Crippen LogP contribution in [-0.4, -0.2) is 37.3 Å². The van der Waals surface area contributed by atoms with Crippen LogP contribution in [0.4, 0.5) is 0 Å². The van der Waals surface area contributed by atoms with Crippen molar-refractivity contribution >= 4 is 23.1 Å². The first kappa shape index (κ1) is 15.3. The van der Waals surface area contributed by atoms with Crippen LogP contribution in [0.3, 0.4) is 0 Å². The Morgan fingerprint density at radius 2 is 2.26 bits per heavy atom. The Balaban J connectivity index is 2.01. The molecule has 0 saturated carbocycles. The molecule has 1 atom stereocenters. The van der Waals surface area contributed by atoms with E-state index in [0.717, 1.165) is 19.6 Å². The molecule has 0 fully saturated rings. The molecule has 1 aliphatic rings. The molecule has 0 spiro atoms. The summed E-state index contributed by atoms with van der Waals surface area (Å²) < 4.78 is 5.13. The zero-order valence-electron chi connectivity index (χ0n) is 11.9. The Bertz CT molecular complexity index is 358. The van der Waals surface area contributed by atoms with Crippen LogP contribution in [-0.2, 0) is 17.6 Å². The highest BCUT2D eigenvalue weighted by Gasteiger charge is 2.20. The molecule has 0 radical (unpaired) electrons. The Hall–Kier alpha value is -0.100. The number of thiazole rings is 1. The zero-order valence-corrected chi connectivity index (χ0v) is 13.5. The van der Waals surface area contributed by atoms with E-state index in [0.29, 0.717) is 6.04 Å². The lowest BCUT2D eigenvalue weighted by Crippen LogP contribution is -2.25. The lowest BCUT2D eigenvalue weighted by molar-refractivity contribution is 0.195. The first-order valence-corrected chi connectivity index (χ1v) is 9.26. The fourth-order valence-corrected chi connectivity index (χ4v) is 4.14. The fourth-order valence-electron chi connectivity index (χ4n) is 2.40. The highest BCUT2D eigenvalue weighted by atomic mass is 32.2. The molecule has 5 heteroatoms. The largest absolute Gasteiger partial charge is 0.383 e. The Labute approximate surface area is 124 Å². The van der Waals surface area contributed by atoms with Gasteiger partial charge < -0.3 is 10.1 Å². The number of nitrogens with one attached hydrogen (secondary N) is 1. The van der Waals surface area contributed by atoms with Gasteiger partial charge in [-0.1, -0.05) is 0 Å². The Kier molecular flexibility index (Phi) is 6.64. The van der Waals surface area contributed by atoms with Crippen molar-refractivity contribution < 1.29 is 4.74 Å². The number of aromatic nitrogens is 1. The molecule has 0 aromatic carbocycles. The Morgan fingerprint density at radius 1 is 1.42 bits per heavy atom. The molecular formula is C14H24N2OS2. The van der Waals surface area contributed by atoms with Crippen LogP contribution < -0.4 is 5.32 Å². The third-order valence-corrected chi connectivity index (χ3v) is 5.38. The minimum Gasteiger partial charge on any atom is -0.383 e. The number of aryl methyl sites for hydroxylation is 2. The molecule has 108 valence electrons. The number of methoxy groups -OCH3 is 1. The van der Waals surface area contributed by atoms with Crippen molar-refractivity contribution in [2.75, 3.05) is 32.3 Å². The second-order valence-electron chi connectivity index (χ2n) is 4.91. The topological polar surface area (TPSA) is 34.1 Å². The second kappa shape index (κ2) is 8.25. The molecule has 0 bridgehead atoms. The summed E-state index contributed by atoms with van der Waals surface area (Å²) in [5, 5.41) is 4.88. The summed E-state index contributed by atoms with van der Waals surface area (Å²) in [5.41, 5.74) is 1.37. The van der Waals surface area contributed by atoms with E-state index in [1.54, 1.807) is 7.11 Å². The molecule has 1 unspecified atom stereocenters. The molecule has 0 aliphatic heterocycles. The van der Waals surface area contributed by atoms with Gasteiger partial charge in [0.25, 0.3) is 0 Å². The van der Waals surface area contributed by atoms with Crippen molar-refractivity contribution in [1.29, 1.82) is 0 Å². The van der Waals surface area contributed by atoms with Crippen molar-refractivity contribution in [3.05, 3.63) is 15.6 Å². The number of nitrogens with zero attached hydrogens (tertiary/aromatic N) is 1. The van der Waals surface area contributed by atoms with Gasteiger partial charge in [-0.2, -0.15) is 11.8 Å². The van der Waals surface area contributed by atoms with Crippen LogP contribution >= 0.6 is 23.1 Å². The Morgan fingerprint density at radius 3 is 3.00 bits per heavy atom. The number of thioether (sulfide) groups is 1. The molecule has 1 heterocycles. The van der Waals surface area contributed by atoms with Crippen LogP contribution in [0.2, 0.25) is 0 Å². The first-order valence-electron chi connectivity index (χ1n) is 7.05. The van der Waals surface area contributed by atoms with E-state index in [9.17, 15) is 0 Å². The molecule has 1 aromatic heterocycles. The van der Waals surface area contributed by atoms with Gasteiger partial charge in [-0.05, 0) is 44.1 Å². The second-order valence-corrected chi connectivity index (χ2v) is 7.01. The monoisotopic (exact) mass is 300 g/mol. The number of rotatable bonds is 8. The van der Waals surface area contributed by atoms with E-state index in [4.69, 9.17) is 9.72 Å². The van der Waals surface area contributed by atoms with E-state index in [2.05, 4.69) is 11.6 Å². The highest BCUT2D eigenvalue weighted by molar-refractivity contribution is 7.98. The fraction of sp³-hybridized carbons (Fsp3) is 0.786. The lowest BCUT2D eigenvalue weighted by atomic mass is 10.0. The summed E-state index contributed by atoms with van der Waals surface area (Å²) in [6.07, 6.45) is 8.37. The molecule has 19 heavy (non-hydrogen) atoms. The van der Waals surface area contributed by atoms with E-state index in [1.165, 1.54) is 47.0 Å². The molecule has 1 aromatic rings. The van der Waals surface area contributed by atoms with Gasteiger partial charge in [-0.3, -0.25) is 0 Å². The van der Waals surface area contributed by atoms with Crippen molar-refractivity contribution in [3.8, 4) is 0 Å². The summed E-state index contributed by atoms with van der Waals surface area (Å²) >= 11 is 3.83. The third-order valence-electron chi connectivity index (χ3n) is 3.47. The van der Waals surface area contributed by atoms with Crippen LogP contribution in [0, 0.1) is 0 Å². The quantitative estimate of drug-likeness (QED) is 0.748. The normalized spacial score (nSPS) is 16.3. The third kappa shape index (κ3) is 4.45. The average molecular weight is 300 g/mol. The van der Waals surface area contributed by atoms with Gasteiger partial charge in [-0.25, -0.2) is 4.98 Å². The van der Waals surface area contributed by atoms with Gasteiger partial charge in [-0.15, -0.1) is 11.3 Å². The van der Waals surface area contributed by atoms with Gasteiger partial charge >= 0.3 is 0 Å². The van der Waals surface area contributed by atoms with Gasteiger partial charge in [0.15, 0.2) is 0 Å². The SMILES string of the molecule is COCCNC(CCSC)c1nc2c(s1)CCCC2. The molecule has 2 rings (SSSR count). The number of fused-ring (bicyclic) bond motifs is 1. The zero-order chi connectivity index (χ0) is 13.5. The molecule has 3 nitrogen and oxygen atoms in total. The summed E-state index contributed by atoms with van der Waals surface area (Å²) in [7, 11) is 1.75. The smallest absolute Gasteiger partial charge is 0.110 e. The van der Waals surface area contributed by atoms with Crippen LogP contribution in [0.1, 0.15) is 40.9 Å². The summed E-state index contributed by atoms with van der Waals surface area (Å²) in [4.78, 5) is 6.42. The van der Waals surface area contributed by atoms with Gasteiger partial charge in [0.05, 0.1) is 18.3 Å². The van der Waals surface area contributed by atoms with Crippen LogP contribution in [0.15, 0.2) is 0 Å². The highest BCUT2D eigenvalue weighted by Crippen LogP contribution is 2.31.